The van der Waals surface area contributed by atoms with Crippen LogP contribution in [0.2, 0.25) is 0 Å². The molecule has 0 aliphatic rings. The summed E-state index contributed by atoms with van der Waals surface area (Å²) in [7, 11) is 0. The number of nitrogens with zero attached hydrogens (tertiary/aromatic N) is 3. The normalized spacial score (nSPS) is 11.7. The van der Waals surface area contributed by atoms with Crippen LogP contribution in [0.5, 0.6) is 0 Å². The lowest BCUT2D eigenvalue weighted by molar-refractivity contribution is -0.119. The van der Waals surface area contributed by atoms with E-state index < -0.39 is 0 Å². The van der Waals surface area contributed by atoms with Crippen molar-refractivity contribution < 1.29 is 4.79 Å². The number of anilines is 1. The lowest BCUT2D eigenvalue weighted by Crippen LogP contribution is -2.20. The van der Waals surface area contributed by atoms with E-state index >= 15 is 0 Å². The highest BCUT2D eigenvalue weighted by Crippen LogP contribution is 2.03. The molecule has 68 valence electrons. The zero-order valence-corrected chi connectivity index (χ0v) is 7.11. The van der Waals surface area contributed by atoms with Crippen molar-refractivity contribution in [2.45, 2.75) is 13.3 Å². The molecule has 2 N–H and O–H groups in total. The highest BCUT2D eigenvalue weighted by molar-refractivity contribution is 5.90. The van der Waals surface area contributed by atoms with Crippen LogP contribution in [0.4, 0.5) is 5.95 Å². The molecule has 1 atom stereocenters. The van der Waals surface area contributed by atoms with Gasteiger partial charge in [-0.1, -0.05) is 12.0 Å². The first kappa shape index (κ1) is 9.19. The van der Waals surface area contributed by atoms with Gasteiger partial charge in [-0.2, -0.15) is 0 Å². The lowest BCUT2D eigenvalue weighted by atomic mass is 10.1. The largest absolute Gasteiger partial charge is 0.293 e. The summed E-state index contributed by atoms with van der Waals surface area (Å²) >= 11 is 0. The summed E-state index contributed by atoms with van der Waals surface area (Å²) in [5.74, 6) is 2.20. The van der Waals surface area contributed by atoms with Crippen molar-refractivity contribution in [1.29, 1.82) is 0 Å². The minimum atomic E-state index is -0.241. The standard InChI is InChI=1S/C7H9N5O/c1-3-4-5(2)6(13)8-7-9-11-12-10-7/h1,5H,4H2,2H3,(H2,8,9,10,11,12,13)/t5-/m1/s1. The summed E-state index contributed by atoms with van der Waals surface area (Å²) in [4.78, 5) is 11.3. The smallest absolute Gasteiger partial charge is 0.246 e. The summed E-state index contributed by atoms with van der Waals surface area (Å²) in [5.41, 5.74) is 0. The number of aromatic amines is 1. The van der Waals surface area contributed by atoms with Crippen molar-refractivity contribution in [3.8, 4) is 12.3 Å². The summed E-state index contributed by atoms with van der Waals surface area (Å²) < 4.78 is 0. The van der Waals surface area contributed by atoms with Crippen LogP contribution in [-0.4, -0.2) is 26.5 Å². The number of tetrazole rings is 1. The van der Waals surface area contributed by atoms with E-state index in [9.17, 15) is 4.79 Å². The number of hydrogen-bond acceptors (Lipinski definition) is 4. The maximum absolute atomic E-state index is 11.3. The van der Waals surface area contributed by atoms with E-state index in [1.165, 1.54) is 0 Å². The fourth-order valence-electron chi connectivity index (χ4n) is 0.721. The Balaban J connectivity index is 2.47. The molecule has 0 aliphatic heterocycles. The van der Waals surface area contributed by atoms with E-state index in [0.717, 1.165) is 0 Å². The Kier molecular flexibility index (Phi) is 2.97. The van der Waals surface area contributed by atoms with Gasteiger partial charge in [0, 0.05) is 12.3 Å². The van der Waals surface area contributed by atoms with Gasteiger partial charge in [-0.15, -0.1) is 12.3 Å². The van der Waals surface area contributed by atoms with Crippen LogP contribution >= 0.6 is 0 Å². The molecule has 0 saturated heterocycles. The third-order valence-corrected chi connectivity index (χ3v) is 1.46. The Labute approximate surface area is 75.1 Å². The van der Waals surface area contributed by atoms with Gasteiger partial charge < -0.3 is 0 Å². The molecule has 6 nitrogen and oxygen atoms in total. The molecule has 0 radical (unpaired) electrons. The van der Waals surface area contributed by atoms with Gasteiger partial charge in [0.2, 0.25) is 11.9 Å². The van der Waals surface area contributed by atoms with Crippen LogP contribution < -0.4 is 5.32 Å². The number of aromatic nitrogens is 4. The number of amides is 1. The first-order chi connectivity index (χ1) is 6.24. The summed E-state index contributed by atoms with van der Waals surface area (Å²) in [6.45, 7) is 1.74. The number of terminal acetylenes is 1. The van der Waals surface area contributed by atoms with E-state index in [-0.39, 0.29) is 17.8 Å². The van der Waals surface area contributed by atoms with Crippen molar-refractivity contribution in [3.63, 3.8) is 0 Å². The molecular weight excluding hydrogens is 170 g/mol. The van der Waals surface area contributed by atoms with Crippen LogP contribution in [0.15, 0.2) is 0 Å². The van der Waals surface area contributed by atoms with Crippen LogP contribution in [0.25, 0.3) is 0 Å². The molecule has 0 fully saturated rings. The molecule has 1 aromatic rings. The molecule has 0 saturated carbocycles. The molecule has 1 amide bonds. The second kappa shape index (κ2) is 4.21. The van der Waals surface area contributed by atoms with Crippen LogP contribution in [-0.2, 0) is 4.79 Å². The average Bonchev–Trinajstić information content (AvgIpc) is 2.57. The highest BCUT2D eigenvalue weighted by Gasteiger charge is 2.12. The van der Waals surface area contributed by atoms with Crippen molar-refractivity contribution >= 4 is 11.9 Å². The SMILES string of the molecule is C#CC[C@@H](C)C(=O)Nc1nnn[nH]1. The Morgan fingerprint density at radius 1 is 1.85 bits per heavy atom. The van der Waals surface area contributed by atoms with E-state index in [2.05, 4.69) is 31.9 Å². The Morgan fingerprint density at radius 2 is 2.62 bits per heavy atom. The van der Waals surface area contributed by atoms with Crippen LogP contribution in [0.1, 0.15) is 13.3 Å². The lowest BCUT2D eigenvalue weighted by Gasteiger charge is -2.05. The second-order valence-corrected chi connectivity index (χ2v) is 2.55. The highest BCUT2D eigenvalue weighted by atomic mass is 16.2. The van der Waals surface area contributed by atoms with Gasteiger partial charge in [-0.05, 0) is 10.4 Å². The Hall–Kier alpha value is -1.90. The van der Waals surface area contributed by atoms with Crippen molar-refractivity contribution in [3.05, 3.63) is 0 Å². The topological polar surface area (TPSA) is 83.6 Å². The maximum Gasteiger partial charge on any atom is 0.246 e. The summed E-state index contributed by atoms with van der Waals surface area (Å²) in [6.07, 6.45) is 5.46. The molecule has 1 rings (SSSR count). The molecular formula is C7H9N5O. The number of hydrogen-bond donors (Lipinski definition) is 2. The third kappa shape index (κ3) is 2.56. The van der Waals surface area contributed by atoms with E-state index in [1.54, 1.807) is 6.92 Å². The number of rotatable bonds is 3. The molecule has 1 aromatic heterocycles. The van der Waals surface area contributed by atoms with Gasteiger partial charge in [0.15, 0.2) is 0 Å². The molecule has 0 aromatic carbocycles. The fraction of sp³-hybridized carbons (Fsp3) is 0.429. The number of carbonyl (C=O) groups excluding carboxylic acids is 1. The third-order valence-electron chi connectivity index (χ3n) is 1.46. The Bertz CT molecular complexity index is 312. The first-order valence-electron chi connectivity index (χ1n) is 3.72. The zero-order valence-electron chi connectivity index (χ0n) is 7.11. The molecule has 1 heterocycles. The van der Waals surface area contributed by atoms with E-state index in [0.29, 0.717) is 6.42 Å². The van der Waals surface area contributed by atoms with Gasteiger partial charge >= 0.3 is 0 Å². The number of H-pyrrole nitrogens is 1. The summed E-state index contributed by atoms with van der Waals surface area (Å²) in [6, 6.07) is 0. The molecule has 0 spiro atoms. The molecule has 13 heavy (non-hydrogen) atoms. The van der Waals surface area contributed by atoms with Crippen LogP contribution in [0.3, 0.4) is 0 Å². The predicted octanol–water partition coefficient (Wildman–Crippen LogP) is -0.202. The first-order valence-corrected chi connectivity index (χ1v) is 3.72. The van der Waals surface area contributed by atoms with E-state index in [4.69, 9.17) is 6.42 Å². The monoisotopic (exact) mass is 179 g/mol. The van der Waals surface area contributed by atoms with Crippen molar-refractivity contribution in [2.24, 2.45) is 5.92 Å². The van der Waals surface area contributed by atoms with Gasteiger partial charge in [0.25, 0.3) is 0 Å². The van der Waals surface area contributed by atoms with Crippen molar-refractivity contribution in [2.75, 3.05) is 5.32 Å². The van der Waals surface area contributed by atoms with Gasteiger partial charge in [0.05, 0.1) is 0 Å². The fourth-order valence-corrected chi connectivity index (χ4v) is 0.721. The predicted molar refractivity (Wildman–Crippen MR) is 45.4 cm³/mol. The molecule has 0 unspecified atom stereocenters. The van der Waals surface area contributed by atoms with Gasteiger partial charge in [-0.25, -0.2) is 5.10 Å². The van der Waals surface area contributed by atoms with Gasteiger partial charge in [0.1, 0.15) is 0 Å². The average molecular weight is 179 g/mol. The van der Waals surface area contributed by atoms with Gasteiger partial charge in [-0.3, -0.25) is 10.1 Å². The maximum atomic E-state index is 11.3. The van der Waals surface area contributed by atoms with Crippen LogP contribution in [0, 0.1) is 18.3 Å². The second-order valence-electron chi connectivity index (χ2n) is 2.55. The quantitative estimate of drug-likeness (QED) is 0.629. The summed E-state index contributed by atoms with van der Waals surface area (Å²) in [5, 5.41) is 15.0. The Morgan fingerprint density at radius 3 is 3.15 bits per heavy atom. The number of carbonyl (C=O) groups is 1. The van der Waals surface area contributed by atoms with E-state index in [1.807, 2.05) is 0 Å². The molecule has 0 aliphatic carbocycles. The molecule has 0 bridgehead atoms. The minimum absolute atomic E-state index is 0.198. The zero-order chi connectivity index (χ0) is 9.68. The minimum Gasteiger partial charge on any atom is -0.293 e. The van der Waals surface area contributed by atoms with Crippen molar-refractivity contribution in [1.82, 2.24) is 20.6 Å². The number of nitrogens with one attached hydrogen (secondary N) is 2. The molecule has 6 heteroatoms.